The zero-order valence-electron chi connectivity index (χ0n) is 13.4. The van der Waals surface area contributed by atoms with E-state index < -0.39 is 0 Å². The number of nitrogens with zero attached hydrogens (tertiary/aromatic N) is 2. The highest BCUT2D eigenvalue weighted by molar-refractivity contribution is 7.17. The minimum absolute atomic E-state index is 0.105. The number of aryl methyl sites for hydroxylation is 2. The number of thiazole rings is 1. The van der Waals surface area contributed by atoms with E-state index in [0.717, 1.165) is 17.7 Å². The Balaban J connectivity index is 2.20. The number of benzene rings is 1. The van der Waals surface area contributed by atoms with Crippen LogP contribution in [-0.4, -0.2) is 35.8 Å². The minimum atomic E-state index is -0.201. The number of hydrogen-bond donors (Lipinski definition) is 2. The van der Waals surface area contributed by atoms with Gasteiger partial charge in [-0.15, -0.1) is 0 Å². The first-order valence-corrected chi connectivity index (χ1v) is 8.02. The van der Waals surface area contributed by atoms with Crippen molar-refractivity contribution >= 4 is 34.0 Å². The van der Waals surface area contributed by atoms with E-state index in [2.05, 4.69) is 10.3 Å². The molecule has 0 aliphatic carbocycles. The summed E-state index contributed by atoms with van der Waals surface area (Å²) in [7, 11) is 3.40. The molecule has 7 heteroatoms. The van der Waals surface area contributed by atoms with Crippen molar-refractivity contribution in [2.75, 3.05) is 25.1 Å². The highest BCUT2D eigenvalue weighted by Gasteiger charge is 2.20. The fourth-order valence-corrected chi connectivity index (χ4v) is 3.12. The van der Waals surface area contributed by atoms with Crippen molar-refractivity contribution in [1.29, 1.82) is 0 Å². The molecule has 0 radical (unpaired) electrons. The van der Waals surface area contributed by atoms with E-state index in [0.29, 0.717) is 22.1 Å². The van der Waals surface area contributed by atoms with E-state index in [1.807, 2.05) is 24.3 Å². The second-order valence-electron chi connectivity index (χ2n) is 5.42. The number of amides is 2. The predicted octanol–water partition coefficient (Wildman–Crippen LogP) is 2.17. The molecule has 0 saturated heterocycles. The average Bonchev–Trinajstić information content (AvgIpc) is 2.87. The number of carbonyl (C=O) groups excluding carboxylic acids is 2. The molecule has 122 valence electrons. The molecule has 1 aromatic carbocycles. The Morgan fingerprint density at radius 3 is 2.43 bits per heavy atom. The molecule has 6 nitrogen and oxygen atoms in total. The van der Waals surface area contributed by atoms with Crippen molar-refractivity contribution in [3.05, 3.63) is 40.4 Å². The number of aromatic nitrogens is 1. The molecule has 1 heterocycles. The molecule has 0 spiro atoms. The zero-order chi connectivity index (χ0) is 17.0. The van der Waals surface area contributed by atoms with Crippen LogP contribution in [0.3, 0.4) is 0 Å². The Labute approximate surface area is 139 Å². The van der Waals surface area contributed by atoms with E-state index in [-0.39, 0.29) is 11.8 Å². The van der Waals surface area contributed by atoms with Crippen molar-refractivity contribution in [3.8, 4) is 0 Å². The number of nitrogen functional groups attached to an aromatic ring is 1. The van der Waals surface area contributed by atoms with E-state index in [9.17, 15) is 9.59 Å². The normalized spacial score (nSPS) is 10.4. The van der Waals surface area contributed by atoms with Gasteiger partial charge in [-0.2, -0.15) is 0 Å². The Bertz CT molecular complexity index is 707. The lowest BCUT2D eigenvalue weighted by atomic mass is 10.1. The van der Waals surface area contributed by atoms with Crippen molar-refractivity contribution in [1.82, 2.24) is 9.88 Å². The second kappa shape index (κ2) is 7.23. The monoisotopic (exact) mass is 332 g/mol. The number of nitrogens with one attached hydrogen (secondary N) is 1. The molecular formula is C16H20N4O2S. The number of nitrogens with two attached hydrogens (primary N) is 1. The maximum Gasteiger partial charge on any atom is 0.265 e. The lowest BCUT2D eigenvalue weighted by Crippen LogP contribution is -2.22. The maximum atomic E-state index is 12.3. The van der Waals surface area contributed by atoms with Gasteiger partial charge in [0, 0.05) is 26.7 Å². The molecule has 0 unspecified atom stereocenters. The van der Waals surface area contributed by atoms with Gasteiger partial charge in [-0.1, -0.05) is 23.5 Å². The molecule has 0 saturated carbocycles. The van der Waals surface area contributed by atoms with Gasteiger partial charge in [0.15, 0.2) is 5.13 Å². The topological polar surface area (TPSA) is 88.3 Å². The summed E-state index contributed by atoms with van der Waals surface area (Å²) >= 11 is 1.21. The third-order valence-corrected chi connectivity index (χ3v) is 4.21. The molecule has 0 aliphatic heterocycles. The van der Waals surface area contributed by atoms with Gasteiger partial charge in [0.25, 0.3) is 5.91 Å². The maximum absolute atomic E-state index is 12.3. The van der Waals surface area contributed by atoms with Crippen molar-refractivity contribution in [2.45, 2.75) is 19.8 Å². The number of anilines is 2. The van der Waals surface area contributed by atoms with Gasteiger partial charge < -0.3 is 16.0 Å². The first-order chi connectivity index (χ1) is 10.9. The van der Waals surface area contributed by atoms with Gasteiger partial charge in [-0.3, -0.25) is 9.59 Å². The summed E-state index contributed by atoms with van der Waals surface area (Å²) in [5.41, 5.74) is 8.23. The SMILES string of the molecule is CC(=O)Nc1nc(CCc2ccc(N)cc2)c(C(=O)N(C)C)s1. The van der Waals surface area contributed by atoms with Gasteiger partial charge in [0.2, 0.25) is 5.91 Å². The van der Waals surface area contributed by atoms with Crippen LogP contribution in [0.4, 0.5) is 10.8 Å². The smallest absolute Gasteiger partial charge is 0.265 e. The molecule has 0 aliphatic rings. The molecule has 0 fully saturated rings. The fourth-order valence-electron chi connectivity index (χ4n) is 2.04. The molecule has 3 N–H and O–H groups in total. The lowest BCUT2D eigenvalue weighted by Gasteiger charge is -2.09. The number of hydrogen-bond acceptors (Lipinski definition) is 5. The molecule has 0 atom stereocenters. The summed E-state index contributed by atoms with van der Waals surface area (Å²) in [6, 6.07) is 7.63. The van der Waals surface area contributed by atoms with Gasteiger partial charge in [0.05, 0.1) is 5.69 Å². The first-order valence-electron chi connectivity index (χ1n) is 7.20. The summed E-state index contributed by atoms with van der Waals surface area (Å²) in [6.07, 6.45) is 1.37. The van der Waals surface area contributed by atoms with Crippen LogP contribution in [0.1, 0.15) is 27.9 Å². The summed E-state index contributed by atoms with van der Waals surface area (Å²) in [6.45, 7) is 1.42. The lowest BCUT2D eigenvalue weighted by molar-refractivity contribution is -0.114. The number of carbonyl (C=O) groups is 2. The van der Waals surface area contributed by atoms with Crippen LogP contribution in [0.15, 0.2) is 24.3 Å². The van der Waals surface area contributed by atoms with E-state index in [4.69, 9.17) is 5.73 Å². The van der Waals surface area contributed by atoms with Crippen molar-refractivity contribution in [2.24, 2.45) is 0 Å². The van der Waals surface area contributed by atoms with Crippen molar-refractivity contribution in [3.63, 3.8) is 0 Å². The third-order valence-electron chi connectivity index (χ3n) is 3.21. The van der Waals surface area contributed by atoms with E-state index in [1.54, 1.807) is 14.1 Å². The minimum Gasteiger partial charge on any atom is -0.399 e. The van der Waals surface area contributed by atoms with Crippen LogP contribution in [0.25, 0.3) is 0 Å². The first kappa shape index (κ1) is 17.0. The largest absolute Gasteiger partial charge is 0.399 e. The van der Waals surface area contributed by atoms with Crippen LogP contribution in [0.2, 0.25) is 0 Å². The van der Waals surface area contributed by atoms with Crippen LogP contribution in [0.5, 0.6) is 0 Å². The summed E-state index contributed by atoms with van der Waals surface area (Å²) in [5, 5.41) is 3.10. The summed E-state index contributed by atoms with van der Waals surface area (Å²) in [5.74, 6) is -0.306. The Morgan fingerprint density at radius 1 is 1.22 bits per heavy atom. The van der Waals surface area contributed by atoms with Crippen LogP contribution < -0.4 is 11.1 Å². The third kappa shape index (κ3) is 4.53. The molecule has 2 aromatic rings. The van der Waals surface area contributed by atoms with Crippen LogP contribution >= 0.6 is 11.3 Å². The Kier molecular flexibility index (Phi) is 5.33. The highest BCUT2D eigenvalue weighted by Crippen LogP contribution is 2.25. The molecule has 1 aromatic heterocycles. The highest BCUT2D eigenvalue weighted by atomic mass is 32.1. The van der Waals surface area contributed by atoms with E-state index in [1.165, 1.54) is 23.2 Å². The molecular weight excluding hydrogens is 312 g/mol. The average molecular weight is 332 g/mol. The van der Waals surface area contributed by atoms with E-state index >= 15 is 0 Å². The summed E-state index contributed by atoms with van der Waals surface area (Å²) < 4.78 is 0. The van der Waals surface area contributed by atoms with Gasteiger partial charge >= 0.3 is 0 Å². The van der Waals surface area contributed by atoms with Crippen LogP contribution in [0, 0.1) is 0 Å². The Hall–Kier alpha value is -2.41. The molecule has 23 heavy (non-hydrogen) atoms. The molecule has 2 rings (SSSR count). The van der Waals surface area contributed by atoms with Crippen molar-refractivity contribution < 1.29 is 9.59 Å². The van der Waals surface area contributed by atoms with Gasteiger partial charge in [0.1, 0.15) is 4.88 Å². The predicted molar refractivity (Wildman–Crippen MR) is 92.7 cm³/mol. The fraction of sp³-hybridized carbons (Fsp3) is 0.312. The van der Waals surface area contributed by atoms with Gasteiger partial charge in [-0.25, -0.2) is 4.98 Å². The molecule has 2 amide bonds. The zero-order valence-corrected chi connectivity index (χ0v) is 14.2. The quantitative estimate of drug-likeness (QED) is 0.821. The van der Waals surface area contributed by atoms with Gasteiger partial charge in [-0.05, 0) is 30.5 Å². The second-order valence-corrected chi connectivity index (χ2v) is 6.42. The number of rotatable bonds is 5. The van der Waals surface area contributed by atoms with Crippen LogP contribution in [-0.2, 0) is 17.6 Å². The standard InChI is InChI=1S/C16H20N4O2S/c1-10(21)18-16-19-13(14(23-16)15(22)20(2)3)9-6-11-4-7-12(17)8-5-11/h4-5,7-8H,6,9,17H2,1-3H3,(H,18,19,21). The molecule has 0 bridgehead atoms. The Morgan fingerprint density at radius 2 is 1.87 bits per heavy atom. The summed E-state index contributed by atoms with van der Waals surface area (Å²) in [4.78, 5) is 30.0.